The minimum absolute atomic E-state index is 0.137. The van der Waals surface area contributed by atoms with Crippen molar-refractivity contribution in [3.8, 4) is 0 Å². The number of fused-ring (bicyclic) bond motifs is 1. The van der Waals surface area contributed by atoms with Crippen molar-refractivity contribution in [1.29, 1.82) is 0 Å². The third-order valence-corrected chi connectivity index (χ3v) is 3.72. The Bertz CT molecular complexity index is 719. The van der Waals surface area contributed by atoms with Crippen LogP contribution in [0.1, 0.15) is 15.9 Å². The second-order valence-electron chi connectivity index (χ2n) is 3.49. The van der Waals surface area contributed by atoms with Crippen LogP contribution in [0.2, 0.25) is 5.02 Å². The van der Waals surface area contributed by atoms with E-state index in [1.807, 2.05) is 0 Å². The number of alkyl halides is 3. The molecule has 0 saturated heterocycles. The van der Waals surface area contributed by atoms with Crippen molar-refractivity contribution in [2.24, 2.45) is 0 Å². The highest BCUT2D eigenvalue weighted by molar-refractivity contribution is 7.17. The molecule has 0 atom stereocenters. The third kappa shape index (κ3) is 2.21. The van der Waals surface area contributed by atoms with Gasteiger partial charge >= 0.3 is 12.1 Å². The SMILES string of the molecule is COC(=O)c1csc2c(C(F)(F)F)c(Cl)c(=O)[nH]c12. The Morgan fingerprint density at radius 3 is 2.63 bits per heavy atom. The predicted octanol–water partition coefficient (Wildman–Crippen LogP) is 3.05. The number of aromatic amines is 1. The van der Waals surface area contributed by atoms with E-state index in [4.69, 9.17) is 11.6 Å². The van der Waals surface area contributed by atoms with E-state index in [2.05, 4.69) is 9.72 Å². The monoisotopic (exact) mass is 311 g/mol. The van der Waals surface area contributed by atoms with Gasteiger partial charge in [-0.2, -0.15) is 13.2 Å². The highest BCUT2D eigenvalue weighted by atomic mass is 35.5. The molecule has 1 N–H and O–H groups in total. The zero-order chi connectivity index (χ0) is 14.4. The van der Waals surface area contributed by atoms with Gasteiger partial charge in [0.2, 0.25) is 0 Å². The van der Waals surface area contributed by atoms with E-state index >= 15 is 0 Å². The summed E-state index contributed by atoms with van der Waals surface area (Å²) in [7, 11) is 1.09. The molecule has 2 rings (SSSR count). The molecule has 4 nitrogen and oxygen atoms in total. The van der Waals surface area contributed by atoms with Gasteiger partial charge in [-0.15, -0.1) is 11.3 Å². The summed E-state index contributed by atoms with van der Waals surface area (Å²) < 4.78 is 42.8. The standard InChI is InChI=1S/C10H5ClF3NO3S/c1-18-9(17)3-2-19-7-4(10(12,13)14)5(11)8(16)15-6(3)7/h2H,1H3,(H,15,16). The minimum Gasteiger partial charge on any atom is -0.465 e. The van der Waals surface area contributed by atoms with Crippen LogP contribution in [0.15, 0.2) is 10.2 Å². The maximum absolute atomic E-state index is 12.9. The molecule has 0 unspecified atom stereocenters. The van der Waals surface area contributed by atoms with Gasteiger partial charge in [-0.3, -0.25) is 4.79 Å². The first-order valence-corrected chi connectivity index (χ1v) is 6.01. The van der Waals surface area contributed by atoms with Crippen LogP contribution in [0.5, 0.6) is 0 Å². The fraction of sp³-hybridized carbons (Fsp3) is 0.200. The summed E-state index contributed by atoms with van der Waals surface area (Å²) in [5.41, 5.74) is -2.71. The Hall–Kier alpha value is -1.54. The average molecular weight is 312 g/mol. The lowest BCUT2D eigenvalue weighted by Gasteiger charge is -2.09. The van der Waals surface area contributed by atoms with E-state index in [0.717, 1.165) is 7.11 Å². The van der Waals surface area contributed by atoms with Gasteiger partial charge in [-0.05, 0) is 0 Å². The number of carbonyl (C=O) groups excluding carboxylic acids is 1. The summed E-state index contributed by atoms with van der Waals surface area (Å²) >= 11 is 6.06. The van der Waals surface area contributed by atoms with Crippen LogP contribution in [-0.4, -0.2) is 18.1 Å². The lowest BCUT2D eigenvalue weighted by Crippen LogP contribution is -2.16. The van der Waals surface area contributed by atoms with E-state index in [1.54, 1.807) is 0 Å². The molecule has 0 radical (unpaired) electrons. The van der Waals surface area contributed by atoms with Crippen LogP contribution >= 0.6 is 22.9 Å². The molecule has 9 heteroatoms. The summed E-state index contributed by atoms with van der Waals surface area (Å²) in [6.07, 6.45) is -4.79. The molecule has 0 aliphatic carbocycles. The van der Waals surface area contributed by atoms with E-state index in [-0.39, 0.29) is 15.8 Å². The number of hydrogen-bond donors (Lipinski definition) is 1. The van der Waals surface area contributed by atoms with E-state index < -0.39 is 28.3 Å². The normalized spacial score (nSPS) is 11.8. The Balaban J connectivity index is 2.90. The third-order valence-electron chi connectivity index (χ3n) is 2.36. The van der Waals surface area contributed by atoms with E-state index in [9.17, 15) is 22.8 Å². The predicted molar refractivity (Wildman–Crippen MR) is 63.8 cm³/mol. The molecule has 0 aliphatic rings. The fourth-order valence-corrected chi connectivity index (χ4v) is 2.93. The first-order valence-electron chi connectivity index (χ1n) is 4.76. The molecule has 2 heterocycles. The molecule has 0 bridgehead atoms. The smallest absolute Gasteiger partial charge is 0.419 e. The Morgan fingerprint density at radius 1 is 1.47 bits per heavy atom. The molecule has 2 aromatic rings. The second kappa shape index (κ2) is 4.53. The summed E-state index contributed by atoms with van der Waals surface area (Å²) in [4.78, 5) is 25.0. The second-order valence-corrected chi connectivity index (χ2v) is 4.74. The number of ether oxygens (including phenoxy) is 1. The molecular formula is C10H5ClF3NO3S. The van der Waals surface area contributed by atoms with Crippen LogP contribution in [0.25, 0.3) is 10.2 Å². The number of halogens is 4. The lowest BCUT2D eigenvalue weighted by atomic mass is 10.2. The zero-order valence-electron chi connectivity index (χ0n) is 9.22. The number of aromatic nitrogens is 1. The van der Waals surface area contributed by atoms with Gasteiger partial charge in [-0.1, -0.05) is 11.6 Å². The highest BCUT2D eigenvalue weighted by Gasteiger charge is 2.38. The molecule has 0 saturated carbocycles. The fourth-order valence-electron chi connectivity index (χ4n) is 1.56. The molecule has 0 fully saturated rings. The van der Waals surface area contributed by atoms with Crippen molar-refractivity contribution in [2.45, 2.75) is 6.18 Å². The number of esters is 1. The molecule has 102 valence electrons. The van der Waals surface area contributed by atoms with Crippen LogP contribution in [0.4, 0.5) is 13.2 Å². The Labute approximate surface area is 112 Å². The van der Waals surface area contributed by atoms with Crippen molar-refractivity contribution in [3.05, 3.63) is 31.9 Å². The average Bonchev–Trinajstić information content (AvgIpc) is 2.70. The molecule has 0 aliphatic heterocycles. The quantitative estimate of drug-likeness (QED) is 0.823. The van der Waals surface area contributed by atoms with Crippen molar-refractivity contribution in [3.63, 3.8) is 0 Å². The summed E-state index contributed by atoms with van der Waals surface area (Å²) in [6, 6.07) is 0. The number of pyridine rings is 1. The topological polar surface area (TPSA) is 59.2 Å². The largest absolute Gasteiger partial charge is 0.465 e. The molecule has 0 amide bonds. The summed E-state index contributed by atoms with van der Waals surface area (Å²) in [5.74, 6) is -0.836. The van der Waals surface area contributed by atoms with Gasteiger partial charge in [0.15, 0.2) is 0 Å². The number of thiophene rings is 1. The zero-order valence-corrected chi connectivity index (χ0v) is 10.8. The Kier molecular flexibility index (Phi) is 3.31. The number of hydrogen-bond acceptors (Lipinski definition) is 4. The van der Waals surface area contributed by atoms with Gasteiger partial charge in [0.1, 0.15) is 5.02 Å². The molecular weight excluding hydrogens is 307 g/mol. The first-order chi connectivity index (χ1) is 8.77. The lowest BCUT2D eigenvalue weighted by molar-refractivity contribution is -0.136. The Morgan fingerprint density at radius 2 is 2.11 bits per heavy atom. The van der Waals surface area contributed by atoms with E-state index in [0.29, 0.717) is 11.3 Å². The van der Waals surface area contributed by atoms with Gasteiger partial charge in [0, 0.05) is 5.38 Å². The first kappa shape index (κ1) is 13.9. The van der Waals surface area contributed by atoms with Gasteiger partial charge < -0.3 is 9.72 Å². The summed E-state index contributed by atoms with van der Waals surface area (Å²) in [5, 5.41) is 0.233. The maximum Gasteiger partial charge on any atom is 0.419 e. The number of rotatable bonds is 1. The van der Waals surface area contributed by atoms with Crippen LogP contribution in [0, 0.1) is 0 Å². The van der Waals surface area contributed by atoms with Gasteiger partial charge in [0.05, 0.1) is 28.5 Å². The molecule has 19 heavy (non-hydrogen) atoms. The number of carbonyl (C=O) groups is 1. The molecule has 0 aromatic carbocycles. The van der Waals surface area contributed by atoms with Crippen LogP contribution < -0.4 is 5.56 Å². The van der Waals surface area contributed by atoms with Crippen molar-refractivity contribution < 1.29 is 22.7 Å². The molecule has 2 aromatic heterocycles. The maximum atomic E-state index is 12.9. The van der Waals surface area contributed by atoms with Crippen LogP contribution in [-0.2, 0) is 10.9 Å². The number of methoxy groups -OCH3 is 1. The number of H-pyrrole nitrogens is 1. The van der Waals surface area contributed by atoms with Crippen molar-refractivity contribution in [1.82, 2.24) is 4.98 Å². The van der Waals surface area contributed by atoms with Crippen LogP contribution in [0.3, 0.4) is 0 Å². The molecule has 0 spiro atoms. The van der Waals surface area contributed by atoms with Gasteiger partial charge in [0.25, 0.3) is 5.56 Å². The highest BCUT2D eigenvalue weighted by Crippen LogP contribution is 2.40. The minimum atomic E-state index is -4.79. The van der Waals surface area contributed by atoms with E-state index in [1.165, 1.54) is 5.38 Å². The number of nitrogens with one attached hydrogen (secondary N) is 1. The summed E-state index contributed by atoms with van der Waals surface area (Å²) in [6.45, 7) is 0. The van der Waals surface area contributed by atoms with Gasteiger partial charge in [-0.25, -0.2) is 4.79 Å². The van der Waals surface area contributed by atoms with Crippen molar-refractivity contribution >= 4 is 39.1 Å². The van der Waals surface area contributed by atoms with Crippen molar-refractivity contribution in [2.75, 3.05) is 7.11 Å².